The lowest BCUT2D eigenvalue weighted by molar-refractivity contribution is 0.418. The molecular formula is C54H36O. The van der Waals surface area contributed by atoms with Gasteiger partial charge in [0.25, 0.3) is 0 Å². The molecule has 55 heavy (non-hydrogen) atoms. The fraction of sp³-hybridized carbons (Fsp3) is 0.0741. The van der Waals surface area contributed by atoms with Crippen molar-refractivity contribution in [2.75, 3.05) is 0 Å². The summed E-state index contributed by atoms with van der Waals surface area (Å²) in [6.07, 6.45) is 0. The van der Waals surface area contributed by atoms with Crippen LogP contribution < -0.4 is 4.74 Å². The van der Waals surface area contributed by atoms with Crippen LogP contribution in [0.15, 0.2) is 182 Å². The van der Waals surface area contributed by atoms with Crippen molar-refractivity contribution in [2.45, 2.75) is 24.7 Å². The monoisotopic (exact) mass is 700 g/mol. The fourth-order valence-corrected chi connectivity index (χ4v) is 10.5. The molecule has 1 heterocycles. The standard InChI is InChI=1S/C54H36O/c1-53(2)46-21-11-12-22-50(46)55-51-30-25-35(32-49(51)53)37-28-27-36(39-15-5-6-16-40(37)39)34-23-26-42-41-17-7-9-19-44(41)54(48(42)31-34)45-20-10-8-18-43(45)52-38-14-4-3-13-33(38)24-29-47(52)54/h3-32H,1-2H3. The van der Waals surface area contributed by atoms with Crippen molar-refractivity contribution < 1.29 is 4.74 Å². The fourth-order valence-electron chi connectivity index (χ4n) is 10.5. The average molecular weight is 701 g/mol. The Hall–Kier alpha value is -6.70. The van der Waals surface area contributed by atoms with E-state index in [2.05, 4.69) is 196 Å². The molecule has 3 aliphatic rings. The molecule has 1 atom stereocenters. The molecule has 0 radical (unpaired) electrons. The van der Waals surface area contributed by atoms with Crippen LogP contribution in [0.25, 0.3) is 66.1 Å². The van der Waals surface area contributed by atoms with Crippen molar-refractivity contribution in [2.24, 2.45) is 0 Å². The molecule has 12 rings (SSSR count). The highest BCUT2D eigenvalue weighted by Crippen LogP contribution is 2.64. The Morgan fingerprint density at radius 2 is 0.873 bits per heavy atom. The third-order valence-electron chi connectivity index (χ3n) is 13.0. The van der Waals surface area contributed by atoms with Crippen molar-refractivity contribution >= 4 is 21.5 Å². The first kappa shape index (κ1) is 30.7. The van der Waals surface area contributed by atoms with E-state index in [0.29, 0.717) is 0 Å². The zero-order valence-corrected chi connectivity index (χ0v) is 30.7. The van der Waals surface area contributed by atoms with Crippen LogP contribution in [0.4, 0.5) is 0 Å². The van der Waals surface area contributed by atoms with Crippen molar-refractivity contribution in [3.63, 3.8) is 0 Å². The maximum atomic E-state index is 6.43. The van der Waals surface area contributed by atoms with Gasteiger partial charge in [-0.3, -0.25) is 0 Å². The summed E-state index contributed by atoms with van der Waals surface area (Å²) >= 11 is 0. The molecule has 0 bridgehead atoms. The number of rotatable bonds is 2. The molecule has 0 N–H and O–H groups in total. The molecule has 9 aromatic rings. The van der Waals surface area contributed by atoms with Gasteiger partial charge in [-0.1, -0.05) is 172 Å². The molecule has 1 unspecified atom stereocenters. The van der Waals surface area contributed by atoms with Crippen molar-refractivity contribution in [3.8, 4) is 56.0 Å². The summed E-state index contributed by atoms with van der Waals surface area (Å²) in [7, 11) is 0. The summed E-state index contributed by atoms with van der Waals surface area (Å²) in [6, 6.07) is 67.8. The molecule has 0 fully saturated rings. The van der Waals surface area contributed by atoms with Crippen molar-refractivity contribution in [3.05, 3.63) is 215 Å². The zero-order chi connectivity index (χ0) is 36.5. The predicted octanol–water partition coefficient (Wildman–Crippen LogP) is 14.1. The van der Waals surface area contributed by atoms with Crippen LogP contribution in [-0.4, -0.2) is 0 Å². The Morgan fingerprint density at radius 3 is 1.64 bits per heavy atom. The smallest absolute Gasteiger partial charge is 0.131 e. The number of fused-ring (bicyclic) bond motifs is 15. The first-order valence-corrected chi connectivity index (χ1v) is 19.3. The molecule has 1 nitrogen and oxygen atoms in total. The van der Waals surface area contributed by atoms with Crippen LogP contribution in [-0.2, 0) is 10.8 Å². The Kier molecular flexibility index (Phi) is 6.11. The zero-order valence-electron chi connectivity index (χ0n) is 30.7. The first-order chi connectivity index (χ1) is 27.0. The summed E-state index contributed by atoms with van der Waals surface area (Å²) < 4.78 is 6.43. The predicted molar refractivity (Wildman–Crippen MR) is 227 cm³/mol. The van der Waals surface area contributed by atoms with Crippen molar-refractivity contribution in [1.29, 1.82) is 0 Å². The minimum absolute atomic E-state index is 0.183. The van der Waals surface area contributed by atoms with Crippen LogP contribution in [0.2, 0.25) is 0 Å². The van der Waals surface area contributed by atoms with Gasteiger partial charge in [0.05, 0.1) is 5.41 Å². The Labute approximate surface area is 321 Å². The van der Waals surface area contributed by atoms with Gasteiger partial charge in [-0.05, 0) is 113 Å². The lowest BCUT2D eigenvalue weighted by Gasteiger charge is -2.34. The van der Waals surface area contributed by atoms with Crippen LogP contribution in [0.5, 0.6) is 11.5 Å². The van der Waals surface area contributed by atoms with Gasteiger partial charge in [0.1, 0.15) is 11.5 Å². The number of hydrogen-bond donors (Lipinski definition) is 0. The second kappa shape index (κ2) is 10.9. The van der Waals surface area contributed by atoms with Gasteiger partial charge in [-0.25, -0.2) is 0 Å². The van der Waals surface area contributed by atoms with E-state index < -0.39 is 5.41 Å². The molecule has 1 aliphatic heterocycles. The van der Waals surface area contributed by atoms with Gasteiger partial charge in [0.15, 0.2) is 0 Å². The molecule has 258 valence electrons. The quantitative estimate of drug-likeness (QED) is 0.174. The van der Waals surface area contributed by atoms with E-state index in [9.17, 15) is 0 Å². The summed E-state index contributed by atoms with van der Waals surface area (Å²) in [5.74, 6) is 1.88. The molecule has 0 amide bonds. The Morgan fingerprint density at radius 1 is 0.345 bits per heavy atom. The average Bonchev–Trinajstić information content (AvgIpc) is 3.70. The molecule has 1 heteroatoms. The number of ether oxygens (including phenoxy) is 1. The molecule has 0 saturated carbocycles. The van der Waals surface area contributed by atoms with Crippen LogP contribution >= 0.6 is 0 Å². The Bertz CT molecular complexity index is 3110. The van der Waals surface area contributed by atoms with E-state index in [-0.39, 0.29) is 5.41 Å². The minimum Gasteiger partial charge on any atom is -0.457 e. The van der Waals surface area contributed by atoms with Crippen LogP contribution in [0, 0.1) is 0 Å². The summed E-state index contributed by atoms with van der Waals surface area (Å²) in [5.41, 5.74) is 17.5. The van der Waals surface area contributed by atoms with Gasteiger partial charge in [0, 0.05) is 16.5 Å². The van der Waals surface area contributed by atoms with E-state index >= 15 is 0 Å². The largest absolute Gasteiger partial charge is 0.457 e. The highest BCUT2D eigenvalue weighted by atomic mass is 16.5. The second-order valence-corrected chi connectivity index (χ2v) is 16.0. The minimum atomic E-state index is -0.412. The van der Waals surface area contributed by atoms with Crippen LogP contribution in [0.1, 0.15) is 47.2 Å². The van der Waals surface area contributed by atoms with Gasteiger partial charge < -0.3 is 4.74 Å². The summed E-state index contributed by atoms with van der Waals surface area (Å²) in [5, 5.41) is 5.09. The van der Waals surface area contributed by atoms with Gasteiger partial charge in [0.2, 0.25) is 0 Å². The van der Waals surface area contributed by atoms with Crippen LogP contribution in [0.3, 0.4) is 0 Å². The maximum Gasteiger partial charge on any atom is 0.131 e. The normalized spacial score (nSPS) is 16.5. The molecule has 0 saturated heterocycles. The lowest BCUT2D eigenvalue weighted by atomic mass is 9.70. The molecule has 2 aliphatic carbocycles. The van der Waals surface area contributed by atoms with Crippen molar-refractivity contribution in [1.82, 2.24) is 0 Å². The van der Waals surface area contributed by atoms with E-state index in [1.54, 1.807) is 0 Å². The summed E-state index contributed by atoms with van der Waals surface area (Å²) in [4.78, 5) is 0. The lowest BCUT2D eigenvalue weighted by Crippen LogP contribution is -2.25. The van der Waals surface area contributed by atoms with Gasteiger partial charge in [-0.15, -0.1) is 0 Å². The molecule has 9 aromatic carbocycles. The topological polar surface area (TPSA) is 9.23 Å². The van der Waals surface area contributed by atoms with E-state index in [4.69, 9.17) is 4.74 Å². The first-order valence-electron chi connectivity index (χ1n) is 19.3. The third kappa shape index (κ3) is 3.97. The number of para-hydroxylation sites is 1. The van der Waals surface area contributed by atoms with E-state index in [0.717, 1.165) is 11.5 Å². The highest BCUT2D eigenvalue weighted by molar-refractivity contribution is 6.08. The molecule has 1 spiro atoms. The third-order valence-corrected chi connectivity index (χ3v) is 13.0. The van der Waals surface area contributed by atoms with Gasteiger partial charge >= 0.3 is 0 Å². The van der Waals surface area contributed by atoms with E-state index in [1.807, 2.05) is 0 Å². The molecule has 0 aromatic heterocycles. The summed E-state index contributed by atoms with van der Waals surface area (Å²) in [6.45, 7) is 4.61. The SMILES string of the molecule is CC1(C)c2ccccc2Oc2ccc(-c3ccc(-c4ccc5c(c4)C4(c6ccccc6-5)c5ccccc5-c5c4ccc4ccccc54)c4ccccc34)cc21. The number of benzene rings is 9. The number of hydrogen-bond acceptors (Lipinski definition) is 1. The maximum absolute atomic E-state index is 6.43. The molecular weight excluding hydrogens is 665 g/mol. The highest BCUT2D eigenvalue weighted by Gasteiger charge is 2.52. The van der Waals surface area contributed by atoms with E-state index in [1.165, 1.54) is 99.4 Å². The Balaban J connectivity index is 1.06. The second-order valence-electron chi connectivity index (χ2n) is 16.0. The van der Waals surface area contributed by atoms with Gasteiger partial charge in [-0.2, -0.15) is 0 Å².